The first-order chi connectivity index (χ1) is 10.2. The third-order valence-electron chi connectivity index (χ3n) is 4.23. The van der Waals surface area contributed by atoms with Crippen molar-refractivity contribution in [1.29, 1.82) is 0 Å². The van der Waals surface area contributed by atoms with E-state index in [1.807, 2.05) is 6.07 Å². The van der Waals surface area contributed by atoms with Crippen LogP contribution in [0.1, 0.15) is 18.1 Å². The van der Waals surface area contributed by atoms with Gasteiger partial charge in [-0.3, -0.25) is 0 Å². The predicted molar refractivity (Wildman–Crippen MR) is 91.7 cm³/mol. The Balaban J connectivity index is 2.05. The lowest BCUT2D eigenvalue weighted by Crippen LogP contribution is -1.90. The summed E-state index contributed by atoms with van der Waals surface area (Å²) in [6.45, 7) is 2.17. The van der Waals surface area contributed by atoms with Gasteiger partial charge in [-0.15, -0.1) is 0 Å². The number of halogens is 1. The molecule has 0 aromatic heterocycles. The Labute approximate surface area is 129 Å². The van der Waals surface area contributed by atoms with Crippen molar-refractivity contribution in [2.75, 3.05) is 0 Å². The van der Waals surface area contributed by atoms with Crippen molar-refractivity contribution in [2.24, 2.45) is 0 Å². The molecule has 0 fully saturated rings. The highest BCUT2D eigenvalue weighted by molar-refractivity contribution is 6.32. The standard InChI is InChI=1S/C20H15Cl/c1-13-11-18-17(9-10-20(21)19(18)12-13)16-8-4-6-14-5-2-3-7-15(14)16/h2-11H,12H2,1H3. The fourth-order valence-corrected chi connectivity index (χ4v) is 3.49. The van der Waals surface area contributed by atoms with Crippen molar-refractivity contribution in [3.05, 3.63) is 76.3 Å². The molecule has 0 bridgehead atoms. The second kappa shape index (κ2) is 4.75. The molecule has 0 N–H and O–H groups in total. The molecule has 0 saturated carbocycles. The summed E-state index contributed by atoms with van der Waals surface area (Å²) in [5, 5.41) is 3.45. The van der Waals surface area contributed by atoms with E-state index in [1.54, 1.807) is 0 Å². The molecule has 4 rings (SSSR count). The molecule has 0 radical (unpaired) electrons. The monoisotopic (exact) mass is 290 g/mol. The molecule has 0 aliphatic heterocycles. The Hall–Kier alpha value is -2.05. The zero-order chi connectivity index (χ0) is 14.4. The largest absolute Gasteiger partial charge is 0.0840 e. The van der Waals surface area contributed by atoms with Gasteiger partial charge in [0.15, 0.2) is 0 Å². The van der Waals surface area contributed by atoms with E-state index in [9.17, 15) is 0 Å². The van der Waals surface area contributed by atoms with Crippen LogP contribution in [0.25, 0.3) is 28.0 Å². The lowest BCUT2D eigenvalue weighted by atomic mass is 9.93. The van der Waals surface area contributed by atoms with E-state index in [0.29, 0.717) is 0 Å². The van der Waals surface area contributed by atoms with E-state index in [0.717, 1.165) is 11.4 Å². The molecule has 0 unspecified atom stereocenters. The first-order valence-electron chi connectivity index (χ1n) is 7.21. The maximum atomic E-state index is 6.38. The van der Waals surface area contributed by atoms with Crippen LogP contribution in [0.2, 0.25) is 5.02 Å². The van der Waals surface area contributed by atoms with Gasteiger partial charge in [-0.05, 0) is 52.4 Å². The molecular formula is C20H15Cl. The molecule has 102 valence electrons. The SMILES string of the molecule is CC1=Cc2c(-c3cccc4ccccc34)ccc(Cl)c2C1. The molecule has 0 nitrogen and oxygen atoms in total. The van der Waals surface area contributed by atoms with Gasteiger partial charge < -0.3 is 0 Å². The number of fused-ring (bicyclic) bond motifs is 2. The van der Waals surface area contributed by atoms with Crippen LogP contribution in [-0.4, -0.2) is 0 Å². The third-order valence-corrected chi connectivity index (χ3v) is 4.58. The lowest BCUT2D eigenvalue weighted by molar-refractivity contribution is 1.20. The fourth-order valence-electron chi connectivity index (χ4n) is 3.25. The van der Waals surface area contributed by atoms with E-state index < -0.39 is 0 Å². The maximum absolute atomic E-state index is 6.38. The van der Waals surface area contributed by atoms with Gasteiger partial charge in [0.05, 0.1) is 0 Å². The van der Waals surface area contributed by atoms with Crippen LogP contribution in [0.5, 0.6) is 0 Å². The summed E-state index contributed by atoms with van der Waals surface area (Å²) in [5.41, 5.74) is 6.49. The molecule has 1 aliphatic carbocycles. The molecule has 0 saturated heterocycles. The highest BCUT2D eigenvalue weighted by Crippen LogP contribution is 2.39. The Morgan fingerprint density at radius 1 is 0.857 bits per heavy atom. The minimum absolute atomic E-state index is 0.877. The second-order valence-electron chi connectivity index (χ2n) is 5.68. The highest BCUT2D eigenvalue weighted by atomic mass is 35.5. The van der Waals surface area contributed by atoms with E-state index in [-0.39, 0.29) is 0 Å². The number of benzene rings is 3. The number of rotatable bonds is 1. The molecule has 0 heterocycles. The maximum Gasteiger partial charge on any atom is 0.0447 e. The van der Waals surface area contributed by atoms with Gasteiger partial charge in [-0.1, -0.05) is 71.8 Å². The van der Waals surface area contributed by atoms with Crippen molar-refractivity contribution < 1.29 is 0 Å². The van der Waals surface area contributed by atoms with E-state index in [1.165, 1.54) is 38.6 Å². The van der Waals surface area contributed by atoms with Crippen molar-refractivity contribution in [2.45, 2.75) is 13.3 Å². The molecule has 0 atom stereocenters. The van der Waals surface area contributed by atoms with E-state index in [2.05, 4.69) is 61.5 Å². The van der Waals surface area contributed by atoms with Gasteiger partial charge in [0, 0.05) is 5.02 Å². The van der Waals surface area contributed by atoms with Gasteiger partial charge in [0.2, 0.25) is 0 Å². The Kier molecular flexibility index (Phi) is 2.87. The first kappa shape index (κ1) is 12.7. The topological polar surface area (TPSA) is 0 Å². The van der Waals surface area contributed by atoms with Crippen molar-refractivity contribution in [3.8, 4) is 11.1 Å². The molecule has 3 aromatic rings. The second-order valence-corrected chi connectivity index (χ2v) is 6.09. The smallest absolute Gasteiger partial charge is 0.0447 e. The van der Waals surface area contributed by atoms with Crippen LogP contribution >= 0.6 is 11.6 Å². The van der Waals surface area contributed by atoms with Crippen molar-refractivity contribution in [3.63, 3.8) is 0 Å². The zero-order valence-corrected chi connectivity index (χ0v) is 12.6. The van der Waals surface area contributed by atoms with Crippen LogP contribution in [0.4, 0.5) is 0 Å². The Morgan fingerprint density at radius 2 is 1.67 bits per heavy atom. The zero-order valence-electron chi connectivity index (χ0n) is 11.9. The molecule has 3 aromatic carbocycles. The van der Waals surface area contributed by atoms with Gasteiger partial charge >= 0.3 is 0 Å². The molecular weight excluding hydrogens is 276 g/mol. The Morgan fingerprint density at radius 3 is 2.57 bits per heavy atom. The Bertz CT molecular complexity index is 882. The summed E-state index contributed by atoms with van der Waals surface area (Å²) in [4.78, 5) is 0. The number of hydrogen-bond donors (Lipinski definition) is 0. The van der Waals surface area contributed by atoms with Crippen LogP contribution in [-0.2, 0) is 6.42 Å². The molecule has 21 heavy (non-hydrogen) atoms. The van der Waals surface area contributed by atoms with Gasteiger partial charge in [-0.25, -0.2) is 0 Å². The average Bonchev–Trinajstić information content (AvgIpc) is 2.90. The van der Waals surface area contributed by atoms with Gasteiger partial charge in [0.1, 0.15) is 0 Å². The van der Waals surface area contributed by atoms with Crippen LogP contribution < -0.4 is 0 Å². The van der Waals surface area contributed by atoms with Gasteiger partial charge in [-0.2, -0.15) is 0 Å². The third kappa shape index (κ3) is 1.99. The fraction of sp³-hybridized carbons (Fsp3) is 0.100. The van der Waals surface area contributed by atoms with Gasteiger partial charge in [0.25, 0.3) is 0 Å². The van der Waals surface area contributed by atoms with Crippen LogP contribution in [0.15, 0.2) is 60.2 Å². The van der Waals surface area contributed by atoms with E-state index in [4.69, 9.17) is 11.6 Å². The molecule has 0 spiro atoms. The normalized spacial score (nSPS) is 13.3. The molecule has 1 aliphatic rings. The van der Waals surface area contributed by atoms with Crippen LogP contribution in [0, 0.1) is 0 Å². The number of hydrogen-bond acceptors (Lipinski definition) is 0. The highest BCUT2D eigenvalue weighted by Gasteiger charge is 2.18. The lowest BCUT2D eigenvalue weighted by Gasteiger charge is -2.12. The first-order valence-corrected chi connectivity index (χ1v) is 7.58. The van der Waals surface area contributed by atoms with E-state index >= 15 is 0 Å². The minimum Gasteiger partial charge on any atom is -0.0840 e. The minimum atomic E-state index is 0.877. The quantitative estimate of drug-likeness (QED) is 0.506. The molecule has 1 heteroatoms. The summed E-state index contributed by atoms with van der Waals surface area (Å²) < 4.78 is 0. The molecule has 0 amide bonds. The summed E-state index contributed by atoms with van der Waals surface area (Å²) in [5.74, 6) is 0. The summed E-state index contributed by atoms with van der Waals surface area (Å²) in [6, 6.07) is 19.2. The summed E-state index contributed by atoms with van der Waals surface area (Å²) in [7, 11) is 0. The summed E-state index contributed by atoms with van der Waals surface area (Å²) >= 11 is 6.38. The number of allylic oxidation sites excluding steroid dienone is 1. The predicted octanol–water partition coefficient (Wildman–Crippen LogP) is 6.12. The van der Waals surface area contributed by atoms with Crippen LogP contribution in [0.3, 0.4) is 0 Å². The average molecular weight is 291 g/mol. The van der Waals surface area contributed by atoms with Crippen molar-refractivity contribution in [1.82, 2.24) is 0 Å². The van der Waals surface area contributed by atoms with Crippen molar-refractivity contribution >= 4 is 28.4 Å². The summed E-state index contributed by atoms with van der Waals surface area (Å²) in [6.07, 6.45) is 3.24.